The predicted molar refractivity (Wildman–Crippen MR) is 241 cm³/mol. The molecule has 0 N–H and O–H groups in total. The summed E-state index contributed by atoms with van der Waals surface area (Å²) in [6.45, 7) is 4.72. The molecule has 59 heavy (non-hydrogen) atoms. The highest BCUT2D eigenvalue weighted by atomic mass is 15.0. The van der Waals surface area contributed by atoms with Gasteiger partial charge < -0.3 is 4.57 Å². The van der Waals surface area contributed by atoms with Crippen LogP contribution in [0.4, 0.5) is 0 Å². The third-order valence-corrected chi connectivity index (χ3v) is 12.7. The molecule has 0 aliphatic heterocycles. The van der Waals surface area contributed by atoms with Crippen LogP contribution in [0.2, 0.25) is 0 Å². The molecule has 8 aromatic carbocycles. The van der Waals surface area contributed by atoms with Crippen molar-refractivity contribution in [3.8, 4) is 62.1 Å². The number of fused-ring (bicyclic) bond motifs is 10. The van der Waals surface area contributed by atoms with Crippen LogP contribution in [-0.2, 0) is 5.41 Å². The van der Waals surface area contributed by atoms with Crippen LogP contribution in [0.3, 0.4) is 0 Å². The zero-order chi connectivity index (χ0) is 39.2. The molecule has 1 atom stereocenters. The Balaban J connectivity index is 0.995. The first kappa shape index (κ1) is 33.7. The van der Waals surface area contributed by atoms with E-state index in [9.17, 15) is 0 Å². The smallest absolute Gasteiger partial charge is 0.164 e. The van der Waals surface area contributed by atoms with E-state index in [0.717, 1.165) is 16.7 Å². The summed E-state index contributed by atoms with van der Waals surface area (Å²) in [4.78, 5) is 14.9. The molecule has 2 heterocycles. The molecule has 0 fully saturated rings. The summed E-state index contributed by atoms with van der Waals surface area (Å²) in [6, 6.07) is 67.8. The number of aromatic nitrogens is 4. The van der Waals surface area contributed by atoms with Crippen molar-refractivity contribution in [3.05, 3.63) is 216 Å². The van der Waals surface area contributed by atoms with Crippen LogP contribution >= 0.6 is 0 Å². The molecule has 10 aromatic rings. The number of hydrogen-bond donors (Lipinski definition) is 0. The lowest BCUT2D eigenvalue weighted by atomic mass is 9.82. The summed E-state index contributed by atoms with van der Waals surface area (Å²) in [6.07, 6.45) is 0. The van der Waals surface area contributed by atoms with Crippen molar-refractivity contribution in [2.45, 2.75) is 25.2 Å². The molecule has 278 valence electrons. The Morgan fingerprint density at radius 2 is 1.02 bits per heavy atom. The first-order chi connectivity index (χ1) is 29.0. The minimum absolute atomic E-state index is 0.0818. The van der Waals surface area contributed by atoms with E-state index < -0.39 is 0 Å². The highest BCUT2D eigenvalue weighted by Crippen LogP contribution is 2.54. The second kappa shape index (κ2) is 12.8. The Labute approximate surface area is 343 Å². The molecular formula is C55H38N4. The van der Waals surface area contributed by atoms with E-state index in [4.69, 9.17) is 15.0 Å². The second-order valence-electron chi connectivity index (χ2n) is 16.4. The van der Waals surface area contributed by atoms with Crippen molar-refractivity contribution in [2.24, 2.45) is 0 Å². The van der Waals surface area contributed by atoms with Crippen molar-refractivity contribution in [1.29, 1.82) is 0 Å². The van der Waals surface area contributed by atoms with E-state index in [0.29, 0.717) is 17.5 Å². The van der Waals surface area contributed by atoms with Gasteiger partial charge in [-0.3, -0.25) is 0 Å². The van der Waals surface area contributed by atoms with E-state index in [1.807, 2.05) is 60.7 Å². The maximum atomic E-state index is 5.00. The summed E-state index contributed by atoms with van der Waals surface area (Å²) < 4.78 is 2.48. The summed E-state index contributed by atoms with van der Waals surface area (Å²) >= 11 is 0. The maximum absolute atomic E-state index is 5.00. The number of benzene rings is 8. The molecule has 0 bridgehead atoms. The molecule has 1 unspecified atom stereocenters. The molecule has 2 aromatic heterocycles. The van der Waals surface area contributed by atoms with Crippen molar-refractivity contribution in [1.82, 2.24) is 19.5 Å². The highest BCUT2D eigenvalue weighted by molar-refractivity contribution is 6.18. The van der Waals surface area contributed by atoms with Gasteiger partial charge in [-0.05, 0) is 74.3 Å². The lowest BCUT2D eigenvalue weighted by Gasteiger charge is -2.22. The molecular weight excluding hydrogens is 717 g/mol. The molecule has 0 spiro atoms. The molecule has 0 radical (unpaired) electrons. The van der Waals surface area contributed by atoms with Gasteiger partial charge in [0.05, 0.1) is 11.0 Å². The number of para-hydroxylation sites is 1. The minimum atomic E-state index is -0.0818. The van der Waals surface area contributed by atoms with Crippen LogP contribution in [0.1, 0.15) is 47.6 Å². The molecule has 4 heteroatoms. The summed E-state index contributed by atoms with van der Waals surface area (Å²) in [5, 5.41) is 2.58. The minimum Gasteiger partial charge on any atom is -0.309 e. The largest absolute Gasteiger partial charge is 0.309 e. The topological polar surface area (TPSA) is 43.6 Å². The van der Waals surface area contributed by atoms with Crippen LogP contribution in [0.5, 0.6) is 0 Å². The molecule has 0 saturated heterocycles. The van der Waals surface area contributed by atoms with Crippen molar-refractivity contribution < 1.29 is 0 Å². The van der Waals surface area contributed by atoms with Crippen LogP contribution in [-0.4, -0.2) is 19.5 Å². The Morgan fingerprint density at radius 1 is 0.441 bits per heavy atom. The van der Waals surface area contributed by atoms with Gasteiger partial charge in [-0.15, -0.1) is 0 Å². The van der Waals surface area contributed by atoms with E-state index in [2.05, 4.69) is 146 Å². The average molecular weight is 755 g/mol. The van der Waals surface area contributed by atoms with Gasteiger partial charge in [0, 0.05) is 44.5 Å². The van der Waals surface area contributed by atoms with Gasteiger partial charge in [0.15, 0.2) is 17.5 Å². The van der Waals surface area contributed by atoms with Gasteiger partial charge in [0.2, 0.25) is 0 Å². The zero-order valence-electron chi connectivity index (χ0n) is 32.8. The van der Waals surface area contributed by atoms with E-state index in [1.165, 1.54) is 77.6 Å². The van der Waals surface area contributed by atoms with Gasteiger partial charge in [-0.2, -0.15) is 0 Å². The highest BCUT2D eigenvalue weighted by Gasteiger charge is 2.36. The molecule has 4 nitrogen and oxygen atoms in total. The number of nitrogens with zero attached hydrogens (tertiary/aromatic N) is 4. The first-order valence-corrected chi connectivity index (χ1v) is 20.4. The Bertz CT molecular complexity index is 3230. The average Bonchev–Trinajstić information content (AvgIpc) is 3.90. The van der Waals surface area contributed by atoms with E-state index in [1.54, 1.807) is 0 Å². The Kier molecular flexibility index (Phi) is 7.30. The third-order valence-electron chi connectivity index (χ3n) is 12.7. The molecule has 2 aliphatic carbocycles. The van der Waals surface area contributed by atoms with E-state index >= 15 is 0 Å². The van der Waals surface area contributed by atoms with Gasteiger partial charge in [-0.1, -0.05) is 178 Å². The number of hydrogen-bond acceptors (Lipinski definition) is 3. The maximum Gasteiger partial charge on any atom is 0.164 e. The summed E-state index contributed by atoms with van der Waals surface area (Å²) in [5.74, 6) is 2.06. The van der Waals surface area contributed by atoms with Crippen LogP contribution in [0, 0.1) is 0 Å². The zero-order valence-corrected chi connectivity index (χ0v) is 32.8. The third kappa shape index (κ3) is 5.06. The van der Waals surface area contributed by atoms with Crippen LogP contribution in [0.15, 0.2) is 188 Å². The monoisotopic (exact) mass is 754 g/mol. The fourth-order valence-corrected chi connectivity index (χ4v) is 9.98. The molecule has 0 amide bonds. The number of rotatable bonds is 5. The van der Waals surface area contributed by atoms with Gasteiger partial charge >= 0.3 is 0 Å². The standard InChI is InChI=1S/C55H38N4/c1-55(2)45-23-13-11-19-39(45)40-30-29-38(33-46(40)55)59-47-24-14-12-22-43(47)51-48(59)32-31-44-49(41-20-9-10-21-42(41)50(44)51)34-25-27-37(28-26-34)54-57-52(35-15-5-3-6-16-35)56-53(58-54)36-17-7-4-8-18-36/h3-33,49H,1-2H3. The van der Waals surface area contributed by atoms with Crippen molar-refractivity contribution in [3.63, 3.8) is 0 Å². The Hall–Kier alpha value is -7.43. The second-order valence-corrected chi connectivity index (χ2v) is 16.4. The first-order valence-electron chi connectivity index (χ1n) is 20.4. The summed E-state index contributed by atoms with van der Waals surface area (Å²) in [7, 11) is 0. The Morgan fingerprint density at radius 3 is 1.73 bits per heavy atom. The SMILES string of the molecule is CC1(C)c2ccccc2-c2ccc(-n3c4ccccc4c4c5c(ccc43)C(c3ccc(-c4nc(-c6ccccc6)nc(-c6ccccc6)n4)cc3)c3ccccc3-5)cc21. The van der Waals surface area contributed by atoms with Crippen LogP contribution < -0.4 is 0 Å². The molecule has 2 aliphatic rings. The van der Waals surface area contributed by atoms with E-state index in [-0.39, 0.29) is 11.3 Å². The molecule has 0 saturated carbocycles. The van der Waals surface area contributed by atoms with Crippen molar-refractivity contribution in [2.75, 3.05) is 0 Å². The van der Waals surface area contributed by atoms with Crippen LogP contribution in [0.25, 0.3) is 83.9 Å². The lowest BCUT2D eigenvalue weighted by Crippen LogP contribution is -2.15. The predicted octanol–water partition coefficient (Wildman–Crippen LogP) is 13.4. The van der Waals surface area contributed by atoms with Gasteiger partial charge in [0.1, 0.15) is 0 Å². The fraction of sp³-hybridized carbons (Fsp3) is 0.0727. The van der Waals surface area contributed by atoms with Gasteiger partial charge in [0.25, 0.3) is 0 Å². The quantitative estimate of drug-likeness (QED) is 0.176. The summed E-state index contributed by atoms with van der Waals surface area (Å²) in [5.41, 5.74) is 18.4. The fourth-order valence-electron chi connectivity index (χ4n) is 9.98. The molecule has 12 rings (SSSR count). The normalized spacial score (nSPS) is 14.6. The van der Waals surface area contributed by atoms with Gasteiger partial charge in [-0.25, -0.2) is 15.0 Å². The van der Waals surface area contributed by atoms with Crippen molar-refractivity contribution >= 4 is 21.8 Å². The lowest BCUT2D eigenvalue weighted by molar-refractivity contribution is 0.660.